The summed E-state index contributed by atoms with van der Waals surface area (Å²) in [5.74, 6) is 0.736. The number of unbranched alkanes of at least 4 members (excludes halogenated alkanes) is 1. The first-order valence-electron chi connectivity index (χ1n) is 5.91. The van der Waals surface area contributed by atoms with E-state index in [1.54, 1.807) is 0 Å². The van der Waals surface area contributed by atoms with E-state index < -0.39 is 0 Å². The van der Waals surface area contributed by atoms with Gasteiger partial charge in [0, 0.05) is 25.5 Å². The fourth-order valence-corrected chi connectivity index (χ4v) is 1.64. The van der Waals surface area contributed by atoms with Gasteiger partial charge in [-0.2, -0.15) is 0 Å². The average Bonchev–Trinajstić information content (AvgIpc) is 2.93. The van der Waals surface area contributed by atoms with E-state index >= 15 is 0 Å². The maximum absolute atomic E-state index is 3.98. The standard InChI is InChI=1S/C11H18N6/c1-3-4-8-17-11(13-14-15-17)12-9-10-6-5-7-16(10)2/h5-7H,3-4,8-9H2,1-2H3,(H,12,13,15). The summed E-state index contributed by atoms with van der Waals surface area (Å²) in [6, 6.07) is 4.10. The molecule has 2 aromatic heterocycles. The van der Waals surface area contributed by atoms with Crippen molar-refractivity contribution in [3.05, 3.63) is 24.0 Å². The number of anilines is 1. The van der Waals surface area contributed by atoms with E-state index in [1.165, 1.54) is 5.69 Å². The van der Waals surface area contributed by atoms with Crippen LogP contribution in [0.15, 0.2) is 18.3 Å². The van der Waals surface area contributed by atoms with Crippen LogP contribution in [0.3, 0.4) is 0 Å². The van der Waals surface area contributed by atoms with Crippen molar-refractivity contribution in [1.29, 1.82) is 0 Å². The monoisotopic (exact) mass is 234 g/mol. The van der Waals surface area contributed by atoms with Crippen LogP contribution in [0.25, 0.3) is 0 Å². The lowest BCUT2D eigenvalue weighted by atomic mass is 10.3. The van der Waals surface area contributed by atoms with Crippen molar-refractivity contribution in [2.45, 2.75) is 32.9 Å². The van der Waals surface area contributed by atoms with Gasteiger partial charge in [-0.15, -0.1) is 0 Å². The van der Waals surface area contributed by atoms with Crippen molar-refractivity contribution in [3.63, 3.8) is 0 Å². The second kappa shape index (κ2) is 5.47. The minimum Gasteiger partial charge on any atom is -0.353 e. The molecule has 0 aliphatic heterocycles. The van der Waals surface area contributed by atoms with E-state index in [0.717, 1.165) is 31.9 Å². The topological polar surface area (TPSA) is 60.6 Å². The molecule has 0 aliphatic rings. The molecule has 0 spiro atoms. The molecule has 0 saturated heterocycles. The summed E-state index contributed by atoms with van der Waals surface area (Å²) in [5.41, 5.74) is 1.20. The number of nitrogens with one attached hydrogen (secondary N) is 1. The molecule has 2 aromatic rings. The maximum atomic E-state index is 3.98. The molecule has 6 heteroatoms. The summed E-state index contributed by atoms with van der Waals surface area (Å²) in [5, 5.41) is 14.9. The first-order valence-corrected chi connectivity index (χ1v) is 5.91. The van der Waals surface area contributed by atoms with Gasteiger partial charge in [0.25, 0.3) is 0 Å². The molecule has 0 aliphatic carbocycles. The largest absolute Gasteiger partial charge is 0.353 e. The zero-order valence-electron chi connectivity index (χ0n) is 10.3. The molecule has 2 rings (SSSR count). The van der Waals surface area contributed by atoms with Crippen molar-refractivity contribution < 1.29 is 0 Å². The van der Waals surface area contributed by atoms with Crippen molar-refractivity contribution in [2.24, 2.45) is 7.05 Å². The molecule has 2 heterocycles. The van der Waals surface area contributed by atoms with Crippen LogP contribution in [0.5, 0.6) is 0 Å². The van der Waals surface area contributed by atoms with E-state index in [9.17, 15) is 0 Å². The van der Waals surface area contributed by atoms with Crippen LogP contribution in [-0.2, 0) is 20.1 Å². The molecule has 0 fully saturated rings. The quantitative estimate of drug-likeness (QED) is 0.821. The fraction of sp³-hybridized carbons (Fsp3) is 0.545. The van der Waals surface area contributed by atoms with Crippen molar-refractivity contribution >= 4 is 5.95 Å². The molecule has 17 heavy (non-hydrogen) atoms. The summed E-state index contributed by atoms with van der Waals surface area (Å²) >= 11 is 0. The van der Waals surface area contributed by atoms with Crippen molar-refractivity contribution in [1.82, 2.24) is 24.8 Å². The van der Waals surface area contributed by atoms with Gasteiger partial charge in [-0.05, 0) is 29.0 Å². The Morgan fingerprint density at radius 1 is 1.41 bits per heavy atom. The van der Waals surface area contributed by atoms with Gasteiger partial charge in [0.05, 0.1) is 6.54 Å². The van der Waals surface area contributed by atoms with E-state index in [-0.39, 0.29) is 0 Å². The Kier molecular flexibility index (Phi) is 3.74. The van der Waals surface area contributed by atoms with E-state index in [4.69, 9.17) is 0 Å². The number of rotatable bonds is 6. The molecule has 0 bridgehead atoms. The Morgan fingerprint density at radius 3 is 3.00 bits per heavy atom. The Morgan fingerprint density at radius 2 is 2.29 bits per heavy atom. The predicted molar refractivity (Wildman–Crippen MR) is 65.5 cm³/mol. The Bertz CT molecular complexity index is 458. The minimum absolute atomic E-state index is 0.732. The number of hydrogen-bond donors (Lipinski definition) is 1. The van der Waals surface area contributed by atoms with Gasteiger partial charge in [0.15, 0.2) is 0 Å². The SMILES string of the molecule is CCCCn1nnnc1NCc1cccn1C. The number of aryl methyl sites for hydroxylation is 2. The normalized spacial score (nSPS) is 10.7. The number of aromatic nitrogens is 5. The van der Waals surface area contributed by atoms with Crippen LogP contribution in [0, 0.1) is 0 Å². The van der Waals surface area contributed by atoms with Gasteiger partial charge in [-0.1, -0.05) is 18.4 Å². The molecular formula is C11H18N6. The average molecular weight is 234 g/mol. The summed E-state index contributed by atoms with van der Waals surface area (Å²) in [7, 11) is 2.02. The fourth-order valence-electron chi connectivity index (χ4n) is 1.64. The third-order valence-corrected chi connectivity index (χ3v) is 2.73. The number of hydrogen-bond acceptors (Lipinski definition) is 4. The molecule has 0 unspecified atom stereocenters. The van der Waals surface area contributed by atoms with E-state index in [1.807, 2.05) is 24.0 Å². The van der Waals surface area contributed by atoms with Crippen LogP contribution < -0.4 is 5.32 Å². The highest BCUT2D eigenvalue weighted by Gasteiger charge is 2.05. The minimum atomic E-state index is 0.732. The second-order valence-corrected chi connectivity index (χ2v) is 4.04. The van der Waals surface area contributed by atoms with E-state index in [0.29, 0.717) is 0 Å². The molecule has 0 radical (unpaired) electrons. The van der Waals surface area contributed by atoms with Crippen LogP contribution in [-0.4, -0.2) is 24.8 Å². The number of nitrogens with zero attached hydrogens (tertiary/aromatic N) is 5. The Labute approximate surface area is 101 Å². The van der Waals surface area contributed by atoms with Gasteiger partial charge >= 0.3 is 0 Å². The molecule has 6 nitrogen and oxygen atoms in total. The van der Waals surface area contributed by atoms with Gasteiger partial charge < -0.3 is 9.88 Å². The molecule has 0 aromatic carbocycles. The lowest BCUT2D eigenvalue weighted by molar-refractivity contribution is 0.556. The van der Waals surface area contributed by atoms with Crippen molar-refractivity contribution in [2.75, 3.05) is 5.32 Å². The molecular weight excluding hydrogens is 216 g/mol. The molecule has 0 amide bonds. The highest BCUT2D eigenvalue weighted by atomic mass is 15.6. The van der Waals surface area contributed by atoms with E-state index in [2.05, 4.69) is 38.4 Å². The van der Waals surface area contributed by atoms with Gasteiger partial charge in [0.2, 0.25) is 5.95 Å². The summed E-state index contributed by atoms with van der Waals surface area (Å²) in [4.78, 5) is 0. The lowest BCUT2D eigenvalue weighted by Gasteiger charge is -2.07. The van der Waals surface area contributed by atoms with Crippen LogP contribution in [0.1, 0.15) is 25.5 Å². The summed E-state index contributed by atoms with van der Waals surface area (Å²) in [6.45, 7) is 3.75. The molecule has 1 N–H and O–H groups in total. The third-order valence-electron chi connectivity index (χ3n) is 2.73. The van der Waals surface area contributed by atoms with Gasteiger partial charge in [-0.3, -0.25) is 0 Å². The Hall–Kier alpha value is -1.85. The maximum Gasteiger partial charge on any atom is 0.243 e. The lowest BCUT2D eigenvalue weighted by Crippen LogP contribution is -2.10. The molecule has 0 saturated carbocycles. The highest BCUT2D eigenvalue weighted by molar-refractivity contribution is 5.23. The van der Waals surface area contributed by atoms with Gasteiger partial charge in [0.1, 0.15) is 0 Å². The smallest absolute Gasteiger partial charge is 0.243 e. The zero-order chi connectivity index (χ0) is 12.1. The number of tetrazole rings is 1. The molecule has 0 atom stereocenters. The zero-order valence-corrected chi connectivity index (χ0v) is 10.3. The summed E-state index contributed by atoms with van der Waals surface area (Å²) < 4.78 is 3.89. The second-order valence-electron chi connectivity index (χ2n) is 4.04. The van der Waals surface area contributed by atoms with Crippen LogP contribution in [0.2, 0.25) is 0 Å². The van der Waals surface area contributed by atoms with Crippen LogP contribution in [0.4, 0.5) is 5.95 Å². The van der Waals surface area contributed by atoms with Gasteiger partial charge in [-0.25, -0.2) is 4.68 Å². The third kappa shape index (κ3) is 2.83. The first kappa shape index (κ1) is 11.6. The highest BCUT2D eigenvalue weighted by Crippen LogP contribution is 2.06. The summed E-state index contributed by atoms with van der Waals surface area (Å²) in [6.07, 6.45) is 4.25. The van der Waals surface area contributed by atoms with Crippen molar-refractivity contribution in [3.8, 4) is 0 Å². The first-order chi connectivity index (χ1) is 8.31. The molecule has 92 valence electrons. The predicted octanol–water partition coefficient (Wildman–Crippen LogP) is 1.42. The van der Waals surface area contributed by atoms with Crippen LogP contribution >= 0.6 is 0 Å². The Balaban J connectivity index is 1.95.